The van der Waals surface area contributed by atoms with Crippen LogP contribution < -0.4 is 11.1 Å². The van der Waals surface area contributed by atoms with Gasteiger partial charge in [-0.3, -0.25) is 4.79 Å². The summed E-state index contributed by atoms with van der Waals surface area (Å²) in [5.74, 6) is -1.35. The van der Waals surface area contributed by atoms with Crippen LogP contribution in [0.1, 0.15) is 31.4 Å². The number of thiazole rings is 1. The van der Waals surface area contributed by atoms with E-state index >= 15 is 0 Å². The van der Waals surface area contributed by atoms with E-state index in [1.54, 1.807) is 18.2 Å². The number of carboxylic acid groups (broad SMARTS) is 1. The number of aryl methyl sites for hydroxylation is 1. The zero-order valence-corrected chi connectivity index (χ0v) is 11.5. The standard InChI is InChI=1S/C13H13N3O3S/c1-7-2-3-8(4-9(7)14)12(17)15-5-11-16-10(6-20-11)13(18)19/h2-4,6H,5,14H2,1H3,(H,15,17)(H,18,19). The van der Waals surface area contributed by atoms with Crippen molar-refractivity contribution in [1.29, 1.82) is 0 Å². The number of hydrogen-bond donors (Lipinski definition) is 3. The van der Waals surface area contributed by atoms with Crippen molar-refractivity contribution >= 4 is 28.9 Å². The van der Waals surface area contributed by atoms with E-state index in [1.807, 2.05) is 6.92 Å². The molecule has 104 valence electrons. The largest absolute Gasteiger partial charge is 0.476 e. The van der Waals surface area contributed by atoms with Crippen LogP contribution in [0.15, 0.2) is 23.6 Å². The van der Waals surface area contributed by atoms with Crippen molar-refractivity contribution in [2.45, 2.75) is 13.5 Å². The Morgan fingerprint density at radius 3 is 2.80 bits per heavy atom. The van der Waals surface area contributed by atoms with Gasteiger partial charge in [-0.25, -0.2) is 9.78 Å². The zero-order valence-electron chi connectivity index (χ0n) is 10.7. The molecule has 0 bridgehead atoms. The molecule has 0 saturated carbocycles. The van der Waals surface area contributed by atoms with Crippen molar-refractivity contribution in [3.8, 4) is 0 Å². The number of benzene rings is 1. The van der Waals surface area contributed by atoms with Crippen LogP contribution in [-0.2, 0) is 6.54 Å². The Hall–Kier alpha value is -2.41. The zero-order chi connectivity index (χ0) is 14.7. The molecule has 20 heavy (non-hydrogen) atoms. The van der Waals surface area contributed by atoms with Crippen molar-refractivity contribution in [3.63, 3.8) is 0 Å². The van der Waals surface area contributed by atoms with Gasteiger partial charge in [0.25, 0.3) is 5.91 Å². The number of nitrogen functional groups attached to an aromatic ring is 1. The molecule has 0 unspecified atom stereocenters. The van der Waals surface area contributed by atoms with Crippen LogP contribution in [0.25, 0.3) is 0 Å². The Morgan fingerprint density at radius 1 is 1.45 bits per heavy atom. The molecule has 0 radical (unpaired) electrons. The summed E-state index contributed by atoms with van der Waals surface area (Å²) in [5, 5.41) is 13.4. The van der Waals surface area contributed by atoms with Gasteiger partial charge >= 0.3 is 5.97 Å². The van der Waals surface area contributed by atoms with E-state index in [2.05, 4.69) is 10.3 Å². The number of aromatic carboxylic acids is 1. The Kier molecular flexibility index (Phi) is 3.99. The molecule has 0 saturated heterocycles. The number of nitrogens with two attached hydrogens (primary N) is 1. The monoisotopic (exact) mass is 291 g/mol. The molecule has 7 heteroatoms. The van der Waals surface area contributed by atoms with E-state index in [1.165, 1.54) is 16.7 Å². The van der Waals surface area contributed by atoms with Crippen LogP contribution in [0.2, 0.25) is 0 Å². The molecular formula is C13H13N3O3S. The van der Waals surface area contributed by atoms with Gasteiger partial charge in [0.05, 0.1) is 6.54 Å². The molecule has 0 atom stereocenters. The van der Waals surface area contributed by atoms with Crippen molar-refractivity contribution in [2.24, 2.45) is 0 Å². The number of carboxylic acids is 1. The minimum atomic E-state index is -1.08. The molecule has 1 amide bonds. The fourth-order valence-electron chi connectivity index (χ4n) is 1.53. The van der Waals surface area contributed by atoms with Gasteiger partial charge in [0.2, 0.25) is 0 Å². The third kappa shape index (κ3) is 3.12. The van der Waals surface area contributed by atoms with Crippen molar-refractivity contribution < 1.29 is 14.7 Å². The Morgan fingerprint density at radius 2 is 2.20 bits per heavy atom. The summed E-state index contributed by atoms with van der Waals surface area (Å²) in [5.41, 5.74) is 7.66. The molecule has 0 aliphatic heterocycles. The van der Waals surface area contributed by atoms with Gasteiger partial charge in [0.1, 0.15) is 5.01 Å². The number of anilines is 1. The number of amides is 1. The number of carbonyl (C=O) groups is 2. The lowest BCUT2D eigenvalue weighted by Crippen LogP contribution is -2.23. The molecule has 0 fully saturated rings. The molecule has 0 spiro atoms. The molecule has 1 heterocycles. The fraction of sp³-hybridized carbons (Fsp3) is 0.154. The van der Waals surface area contributed by atoms with Gasteiger partial charge in [0.15, 0.2) is 5.69 Å². The normalized spacial score (nSPS) is 10.2. The lowest BCUT2D eigenvalue weighted by atomic mass is 10.1. The van der Waals surface area contributed by atoms with E-state index in [-0.39, 0.29) is 18.1 Å². The highest BCUT2D eigenvalue weighted by molar-refractivity contribution is 7.09. The van der Waals surface area contributed by atoms with Gasteiger partial charge in [-0.2, -0.15) is 0 Å². The van der Waals surface area contributed by atoms with Gasteiger partial charge in [-0.05, 0) is 24.6 Å². The lowest BCUT2D eigenvalue weighted by molar-refractivity contribution is 0.0691. The highest BCUT2D eigenvalue weighted by Crippen LogP contribution is 2.13. The van der Waals surface area contributed by atoms with E-state index in [0.717, 1.165) is 5.56 Å². The summed E-state index contributed by atoms with van der Waals surface area (Å²) >= 11 is 1.19. The lowest BCUT2D eigenvalue weighted by Gasteiger charge is -2.05. The third-order valence-corrected chi connectivity index (χ3v) is 3.56. The predicted octanol–water partition coefficient (Wildman–Crippen LogP) is 1.66. The molecule has 0 aliphatic rings. The maximum absolute atomic E-state index is 11.9. The first kappa shape index (κ1) is 14.0. The van der Waals surface area contributed by atoms with Gasteiger partial charge < -0.3 is 16.2 Å². The van der Waals surface area contributed by atoms with Crippen LogP contribution in [0.4, 0.5) is 5.69 Å². The highest BCUT2D eigenvalue weighted by Gasteiger charge is 2.11. The maximum Gasteiger partial charge on any atom is 0.355 e. The summed E-state index contributed by atoms with van der Waals surface area (Å²) in [6, 6.07) is 5.07. The highest BCUT2D eigenvalue weighted by atomic mass is 32.1. The minimum absolute atomic E-state index is 0.0150. The summed E-state index contributed by atoms with van der Waals surface area (Å²) in [6.45, 7) is 2.05. The van der Waals surface area contributed by atoms with Crippen LogP contribution >= 0.6 is 11.3 Å². The van der Waals surface area contributed by atoms with Crippen LogP contribution in [0.3, 0.4) is 0 Å². The summed E-state index contributed by atoms with van der Waals surface area (Å²) < 4.78 is 0. The summed E-state index contributed by atoms with van der Waals surface area (Å²) in [7, 11) is 0. The first-order valence-electron chi connectivity index (χ1n) is 5.79. The fourth-order valence-corrected chi connectivity index (χ4v) is 2.24. The van der Waals surface area contributed by atoms with Crippen LogP contribution in [0.5, 0.6) is 0 Å². The van der Waals surface area contributed by atoms with E-state index in [4.69, 9.17) is 10.8 Å². The van der Waals surface area contributed by atoms with E-state index in [0.29, 0.717) is 16.3 Å². The summed E-state index contributed by atoms with van der Waals surface area (Å²) in [6.07, 6.45) is 0. The SMILES string of the molecule is Cc1ccc(C(=O)NCc2nc(C(=O)O)cs2)cc1N. The smallest absolute Gasteiger partial charge is 0.355 e. The number of carbonyl (C=O) groups excluding carboxylic acids is 1. The Bertz CT molecular complexity index is 667. The molecule has 4 N–H and O–H groups in total. The number of nitrogens with zero attached hydrogens (tertiary/aromatic N) is 1. The predicted molar refractivity (Wildman–Crippen MR) is 75.8 cm³/mol. The average molecular weight is 291 g/mol. The van der Waals surface area contributed by atoms with Crippen molar-refractivity contribution in [3.05, 3.63) is 45.4 Å². The van der Waals surface area contributed by atoms with Crippen molar-refractivity contribution in [1.82, 2.24) is 10.3 Å². The van der Waals surface area contributed by atoms with Crippen molar-refractivity contribution in [2.75, 3.05) is 5.73 Å². The maximum atomic E-state index is 11.9. The molecule has 1 aromatic carbocycles. The second kappa shape index (κ2) is 5.70. The third-order valence-electron chi connectivity index (χ3n) is 2.71. The van der Waals surface area contributed by atoms with Crippen LogP contribution in [0, 0.1) is 6.92 Å². The van der Waals surface area contributed by atoms with Crippen LogP contribution in [-0.4, -0.2) is 22.0 Å². The number of rotatable bonds is 4. The average Bonchev–Trinajstić information content (AvgIpc) is 2.88. The summed E-state index contributed by atoms with van der Waals surface area (Å²) in [4.78, 5) is 26.5. The second-order valence-electron chi connectivity index (χ2n) is 4.19. The molecule has 1 aromatic heterocycles. The first-order chi connectivity index (χ1) is 9.47. The Labute approximate surface area is 119 Å². The van der Waals surface area contributed by atoms with E-state index in [9.17, 15) is 9.59 Å². The second-order valence-corrected chi connectivity index (χ2v) is 5.13. The van der Waals surface area contributed by atoms with Gasteiger partial charge in [0, 0.05) is 16.6 Å². The van der Waals surface area contributed by atoms with Gasteiger partial charge in [-0.15, -0.1) is 11.3 Å². The number of hydrogen-bond acceptors (Lipinski definition) is 5. The Balaban J connectivity index is 2.00. The first-order valence-corrected chi connectivity index (χ1v) is 6.67. The minimum Gasteiger partial charge on any atom is -0.476 e. The molecule has 6 nitrogen and oxygen atoms in total. The number of aromatic nitrogens is 1. The molecular weight excluding hydrogens is 278 g/mol. The van der Waals surface area contributed by atoms with E-state index < -0.39 is 5.97 Å². The molecule has 0 aliphatic carbocycles. The van der Waals surface area contributed by atoms with Gasteiger partial charge in [-0.1, -0.05) is 6.07 Å². The quantitative estimate of drug-likeness (QED) is 0.743. The molecule has 2 aromatic rings. The molecule has 2 rings (SSSR count). The topological polar surface area (TPSA) is 105 Å². The number of nitrogens with one attached hydrogen (secondary N) is 1.